The van der Waals surface area contributed by atoms with Crippen LogP contribution in [0.15, 0.2) is 42.5 Å². The van der Waals surface area contributed by atoms with Crippen LogP contribution in [0, 0.1) is 0 Å². The topological polar surface area (TPSA) is 78.1 Å². The normalized spacial score (nSPS) is 10.7. The lowest BCUT2D eigenvalue weighted by Crippen LogP contribution is -2.36. The van der Waals surface area contributed by atoms with Crippen molar-refractivity contribution < 1.29 is 9.59 Å². The molecule has 2 N–H and O–H groups in total. The monoisotopic (exact) mass is 390 g/mol. The summed E-state index contributed by atoms with van der Waals surface area (Å²) in [7, 11) is 1.56. The molecule has 2 aromatic carbocycles. The van der Waals surface area contributed by atoms with E-state index < -0.39 is 0 Å². The number of amides is 2. The third-order valence-corrected chi connectivity index (χ3v) is 4.53. The zero-order valence-electron chi connectivity index (χ0n) is 13.9. The summed E-state index contributed by atoms with van der Waals surface area (Å²) < 4.78 is 0. The van der Waals surface area contributed by atoms with Gasteiger partial charge in [0, 0.05) is 12.4 Å². The van der Waals surface area contributed by atoms with Crippen LogP contribution in [0.3, 0.4) is 0 Å². The van der Waals surface area contributed by atoms with E-state index in [1.54, 1.807) is 25.2 Å². The fraction of sp³-hybridized carbons (Fsp3) is 0.167. The molecule has 0 saturated heterocycles. The lowest BCUT2D eigenvalue weighted by atomic mass is 10.1. The van der Waals surface area contributed by atoms with Crippen LogP contribution < -0.4 is 5.32 Å². The Balaban J connectivity index is 1.63. The molecule has 3 rings (SSSR count). The predicted octanol–water partition coefficient (Wildman–Crippen LogP) is 3.51. The van der Waals surface area contributed by atoms with E-state index in [2.05, 4.69) is 15.5 Å². The lowest BCUT2D eigenvalue weighted by Gasteiger charge is -2.17. The second kappa shape index (κ2) is 7.76. The number of para-hydroxylation sites is 2. The molecular weight excluding hydrogens is 375 g/mol. The van der Waals surface area contributed by atoms with Crippen LogP contribution in [0.2, 0.25) is 10.0 Å². The van der Waals surface area contributed by atoms with Crippen molar-refractivity contribution in [3.63, 3.8) is 0 Å². The maximum atomic E-state index is 12.4. The first kappa shape index (κ1) is 18.2. The summed E-state index contributed by atoms with van der Waals surface area (Å²) in [5, 5.41) is 11.2. The minimum Gasteiger partial charge on any atom is -0.336 e. The molecular formula is C18H16Cl2N4O2. The van der Waals surface area contributed by atoms with Gasteiger partial charge in [-0.15, -0.1) is 0 Å². The van der Waals surface area contributed by atoms with Gasteiger partial charge in [0.05, 0.1) is 39.9 Å². The molecule has 3 aromatic rings. The van der Waals surface area contributed by atoms with Crippen molar-refractivity contribution in [3.8, 4) is 0 Å². The summed E-state index contributed by atoms with van der Waals surface area (Å²) in [4.78, 5) is 26.0. The number of nitrogens with one attached hydrogen (secondary N) is 2. The Morgan fingerprint density at radius 1 is 1.12 bits per heavy atom. The highest BCUT2D eigenvalue weighted by Gasteiger charge is 2.17. The average Bonchev–Trinajstić information content (AvgIpc) is 3.01. The maximum Gasteiger partial charge on any atom is 0.244 e. The van der Waals surface area contributed by atoms with Crippen LogP contribution in [0.1, 0.15) is 5.69 Å². The standard InChI is InChI=1S/C18H16Cl2N4O2/c1-24(10-16(25)21-18-12(19)6-4-7-13(18)20)17(26)9-15-11-5-2-3-8-14(11)22-23-15/h2-8H,9-10H2,1H3,(H,21,25)(H,22,23). The van der Waals surface area contributed by atoms with Gasteiger partial charge in [-0.25, -0.2) is 0 Å². The third kappa shape index (κ3) is 3.98. The van der Waals surface area contributed by atoms with E-state index in [1.807, 2.05) is 24.3 Å². The zero-order chi connectivity index (χ0) is 18.7. The number of carbonyl (C=O) groups excluding carboxylic acids is 2. The van der Waals surface area contributed by atoms with Gasteiger partial charge in [0.2, 0.25) is 11.8 Å². The Kier molecular flexibility index (Phi) is 5.44. The highest BCUT2D eigenvalue weighted by atomic mass is 35.5. The second-order valence-electron chi connectivity index (χ2n) is 5.79. The molecule has 0 aliphatic heterocycles. The van der Waals surface area contributed by atoms with Crippen molar-refractivity contribution in [3.05, 3.63) is 58.2 Å². The van der Waals surface area contributed by atoms with Gasteiger partial charge < -0.3 is 10.2 Å². The minimum atomic E-state index is -0.384. The Morgan fingerprint density at radius 2 is 1.81 bits per heavy atom. The molecule has 26 heavy (non-hydrogen) atoms. The van der Waals surface area contributed by atoms with Crippen molar-refractivity contribution in [1.29, 1.82) is 0 Å². The van der Waals surface area contributed by atoms with Crippen LogP contribution >= 0.6 is 23.2 Å². The van der Waals surface area contributed by atoms with E-state index in [9.17, 15) is 9.59 Å². The predicted molar refractivity (Wildman–Crippen MR) is 103 cm³/mol. The van der Waals surface area contributed by atoms with Crippen LogP contribution in [-0.4, -0.2) is 40.5 Å². The highest BCUT2D eigenvalue weighted by Crippen LogP contribution is 2.29. The summed E-state index contributed by atoms with van der Waals surface area (Å²) in [6.07, 6.45) is 0.122. The van der Waals surface area contributed by atoms with E-state index >= 15 is 0 Å². The molecule has 6 nitrogen and oxygen atoms in total. The zero-order valence-corrected chi connectivity index (χ0v) is 15.4. The number of aromatic amines is 1. The van der Waals surface area contributed by atoms with E-state index in [-0.39, 0.29) is 24.8 Å². The Bertz CT molecular complexity index is 950. The number of hydrogen-bond acceptors (Lipinski definition) is 3. The van der Waals surface area contributed by atoms with Crippen LogP contribution in [0.5, 0.6) is 0 Å². The summed E-state index contributed by atoms with van der Waals surface area (Å²) in [6.45, 7) is -0.119. The number of likely N-dealkylation sites (N-methyl/N-ethyl adjacent to an activating group) is 1. The number of rotatable bonds is 5. The molecule has 0 spiro atoms. The molecule has 8 heteroatoms. The van der Waals surface area contributed by atoms with Crippen molar-refractivity contribution >= 4 is 51.6 Å². The first-order valence-corrected chi connectivity index (χ1v) is 8.61. The molecule has 134 valence electrons. The second-order valence-corrected chi connectivity index (χ2v) is 6.61. The number of halogens is 2. The van der Waals surface area contributed by atoms with E-state index in [0.29, 0.717) is 21.4 Å². The number of fused-ring (bicyclic) bond motifs is 1. The SMILES string of the molecule is CN(CC(=O)Nc1c(Cl)cccc1Cl)C(=O)Cc1[nH]nc2ccccc12. The number of H-pyrrole nitrogens is 1. The lowest BCUT2D eigenvalue weighted by molar-refractivity contribution is -0.132. The first-order valence-electron chi connectivity index (χ1n) is 7.85. The fourth-order valence-electron chi connectivity index (χ4n) is 2.53. The highest BCUT2D eigenvalue weighted by molar-refractivity contribution is 6.39. The Hall–Kier alpha value is -2.57. The number of carbonyl (C=O) groups is 2. The van der Waals surface area contributed by atoms with Crippen molar-refractivity contribution in [2.75, 3.05) is 18.9 Å². The molecule has 0 fully saturated rings. The largest absolute Gasteiger partial charge is 0.336 e. The molecule has 0 unspecified atom stereocenters. The van der Waals surface area contributed by atoms with Gasteiger partial charge in [0.1, 0.15) is 0 Å². The quantitative estimate of drug-likeness (QED) is 0.699. The van der Waals surface area contributed by atoms with Gasteiger partial charge in [-0.1, -0.05) is 47.5 Å². The van der Waals surface area contributed by atoms with Gasteiger partial charge in [0.15, 0.2) is 0 Å². The first-order chi connectivity index (χ1) is 12.5. The van der Waals surface area contributed by atoms with Gasteiger partial charge in [-0.3, -0.25) is 14.7 Å². The molecule has 0 radical (unpaired) electrons. The molecule has 0 aliphatic rings. The van der Waals surface area contributed by atoms with E-state index in [4.69, 9.17) is 23.2 Å². The molecule has 1 heterocycles. The van der Waals surface area contributed by atoms with Crippen molar-refractivity contribution in [1.82, 2.24) is 15.1 Å². The number of anilines is 1. The van der Waals surface area contributed by atoms with Crippen molar-refractivity contribution in [2.45, 2.75) is 6.42 Å². The number of hydrogen-bond donors (Lipinski definition) is 2. The van der Waals surface area contributed by atoms with Gasteiger partial charge in [-0.2, -0.15) is 5.10 Å². The average molecular weight is 391 g/mol. The molecule has 0 bridgehead atoms. The van der Waals surface area contributed by atoms with Gasteiger partial charge in [0.25, 0.3) is 0 Å². The summed E-state index contributed by atoms with van der Waals surface area (Å²) in [5.74, 6) is -0.592. The van der Waals surface area contributed by atoms with Gasteiger partial charge >= 0.3 is 0 Å². The van der Waals surface area contributed by atoms with Crippen LogP contribution in [0.25, 0.3) is 10.9 Å². The summed E-state index contributed by atoms with van der Waals surface area (Å²) >= 11 is 12.1. The summed E-state index contributed by atoms with van der Waals surface area (Å²) in [6, 6.07) is 12.5. The minimum absolute atomic E-state index is 0.119. The molecule has 2 amide bonds. The summed E-state index contributed by atoms with van der Waals surface area (Å²) in [5.41, 5.74) is 1.84. The number of aromatic nitrogens is 2. The molecule has 0 saturated carbocycles. The van der Waals surface area contributed by atoms with Crippen LogP contribution in [-0.2, 0) is 16.0 Å². The number of benzene rings is 2. The molecule has 0 atom stereocenters. The van der Waals surface area contributed by atoms with E-state index in [1.165, 1.54) is 4.90 Å². The molecule has 0 aliphatic carbocycles. The maximum absolute atomic E-state index is 12.4. The third-order valence-electron chi connectivity index (χ3n) is 3.90. The van der Waals surface area contributed by atoms with Crippen LogP contribution in [0.4, 0.5) is 5.69 Å². The van der Waals surface area contributed by atoms with Crippen molar-refractivity contribution in [2.24, 2.45) is 0 Å². The fourth-order valence-corrected chi connectivity index (χ4v) is 3.03. The number of nitrogens with zero attached hydrogens (tertiary/aromatic N) is 2. The molecule has 1 aromatic heterocycles. The Morgan fingerprint density at radius 3 is 2.54 bits per heavy atom. The smallest absolute Gasteiger partial charge is 0.244 e. The van der Waals surface area contributed by atoms with E-state index in [0.717, 1.165) is 10.9 Å². The van der Waals surface area contributed by atoms with Gasteiger partial charge in [-0.05, 0) is 18.2 Å². The Labute approximate surface area is 160 Å².